The van der Waals surface area contributed by atoms with Gasteiger partial charge < -0.3 is 5.11 Å². The Morgan fingerprint density at radius 3 is 2.61 bits per heavy atom. The number of carboxylic acid groups (broad SMARTS) is 1. The third-order valence-corrected chi connectivity index (χ3v) is 5.41. The van der Waals surface area contributed by atoms with E-state index in [0.29, 0.717) is 25.5 Å². The monoisotopic (exact) mass is 348 g/mol. The smallest absolute Gasteiger partial charge is 0.317 e. The van der Waals surface area contributed by atoms with Crippen LogP contribution in [0.1, 0.15) is 19.8 Å². The van der Waals surface area contributed by atoms with E-state index in [1.54, 1.807) is 4.90 Å². The van der Waals surface area contributed by atoms with Crippen molar-refractivity contribution in [1.82, 2.24) is 9.62 Å². The number of hydrogen-bond donors (Lipinski definition) is 2. The Hall–Kier alpha value is -1.58. The van der Waals surface area contributed by atoms with Gasteiger partial charge in [-0.3, -0.25) is 9.69 Å². The average Bonchev–Trinajstić information content (AvgIpc) is 2.42. The van der Waals surface area contributed by atoms with Crippen LogP contribution in [0.2, 0.25) is 0 Å². The molecular formula is C14H18F2N2O4S. The van der Waals surface area contributed by atoms with Gasteiger partial charge in [0.25, 0.3) is 0 Å². The molecule has 9 heteroatoms. The second kappa shape index (κ2) is 6.90. The maximum atomic E-state index is 13.6. The molecule has 0 bridgehead atoms. The van der Waals surface area contributed by atoms with E-state index < -0.39 is 38.6 Å². The van der Waals surface area contributed by atoms with Crippen LogP contribution in [0.15, 0.2) is 23.1 Å². The molecule has 1 aromatic carbocycles. The third-order valence-electron chi connectivity index (χ3n) is 3.88. The van der Waals surface area contributed by atoms with Crippen LogP contribution in [-0.4, -0.2) is 49.6 Å². The van der Waals surface area contributed by atoms with Crippen LogP contribution in [0.5, 0.6) is 0 Å². The lowest BCUT2D eigenvalue weighted by Gasteiger charge is -2.42. The van der Waals surface area contributed by atoms with Crippen molar-refractivity contribution < 1.29 is 27.1 Å². The number of sulfonamides is 1. The van der Waals surface area contributed by atoms with Crippen LogP contribution in [0.25, 0.3) is 0 Å². The van der Waals surface area contributed by atoms with Crippen molar-refractivity contribution in [3.63, 3.8) is 0 Å². The van der Waals surface area contributed by atoms with Crippen molar-refractivity contribution in [2.45, 2.75) is 36.7 Å². The highest BCUT2D eigenvalue weighted by atomic mass is 32.2. The number of carbonyl (C=O) groups is 1. The predicted molar refractivity (Wildman–Crippen MR) is 78.4 cm³/mol. The van der Waals surface area contributed by atoms with E-state index in [-0.39, 0.29) is 12.6 Å². The van der Waals surface area contributed by atoms with Gasteiger partial charge in [0.15, 0.2) is 0 Å². The molecule has 23 heavy (non-hydrogen) atoms. The zero-order valence-corrected chi connectivity index (χ0v) is 13.3. The molecule has 6 nitrogen and oxygen atoms in total. The van der Waals surface area contributed by atoms with Gasteiger partial charge in [0, 0.05) is 12.1 Å². The summed E-state index contributed by atoms with van der Waals surface area (Å²) in [5.74, 6) is -2.80. The van der Waals surface area contributed by atoms with Crippen molar-refractivity contribution in [2.75, 3.05) is 13.1 Å². The van der Waals surface area contributed by atoms with Crippen LogP contribution in [0.3, 0.4) is 0 Å². The van der Waals surface area contributed by atoms with Gasteiger partial charge in [-0.1, -0.05) is 6.92 Å². The van der Waals surface area contributed by atoms with E-state index in [4.69, 9.17) is 5.11 Å². The van der Waals surface area contributed by atoms with Crippen LogP contribution < -0.4 is 4.72 Å². The van der Waals surface area contributed by atoms with Crippen molar-refractivity contribution in [3.05, 3.63) is 29.8 Å². The highest BCUT2D eigenvalue weighted by Gasteiger charge is 2.36. The third kappa shape index (κ3) is 4.24. The van der Waals surface area contributed by atoms with Crippen LogP contribution in [-0.2, 0) is 14.8 Å². The van der Waals surface area contributed by atoms with Gasteiger partial charge >= 0.3 is 5.97 Å². The van der Waals surface area contributed by atoms with Crippen LogP contribution >= 0.6 is 0 Å². The van der Waals surface area contributed by atoms with Crippen LogP contribution in [0.4, 0.5) is 8.78 Å². The summed E-state index contributed by atoms with van der Waals surface area (Å²) in [5, 5.41) is 8.81. The lowest BCUT2D eigenvalue weighted by atomic mass is 9.86. The number of likely N-dealkylation sites (N-methyl/N-ethyl adjacent to an activating group) is 1. The zero-order valence-electron chi connectivity index (χ0n) is 12.5. The SMILES string of the molecule is CCN(CC(=O)O)C1CC(NS(=O)(=O)c2cc(F)ccc2F)C1. The maximum absolute atomic E-state index is 13.6. The van der Waals surface area contributed by atoms with Gasteiger partial charge in [-0.25, -0.2) is 21.9 Å². The summed E-state index contributed by atoms with van der Waals surface area (Å²) < 4.78 is 53.3. The molecule has 1 aliphatic carbocycles. The zero-order chi connectivity index (χ0) is 17.2. The Labute approximate surface area is 133 Å². The summed E-state index contributed by atoms with van der Waals surface area (Å²) in [6.07, 6.45) is 0.856. The fourth-order valence-electron chi connectivity index (χ4n) is 2.62. The molecule has 0 saturated heterocycles. The topological polar surface area (TPSA) is 86.7 Å². The summed E-state index contributed by atoms with van der Waals surface area (Å²) in [7, 11) is -4.15. The van der Waals surface area contributed by atoms with Gasteiger partial charge in [0.05, 0.1) is 6.54 Å². The van der Waals surface area contributed by atoms with E-state index in [2.05, 4.69) is 4.72 Å². The summed E-state index contributed by atoms with van der Waals surface area (Å²) in [6, 6.07) is 1.78. The fourth-order valence-corrected chi connectivity index (χ4v) is 3.97. The summed E-state index contributed by atoms with van der Waals surface area (Å²) in [4.78, 5) is 11.8. The predicted octanol–water partition coefficient (Wildman–Crippen LogP) is 1.18. The van der Waals surface area contributed by atoms with Gasteiger partial charge in [0.1, 0.15) is 16.5 Å². The van der Waals surface area contributed by atoms with Crippen molar-refractivity contribution in [1.29, 1.82) is 0 Å². The molecule has 2 rings (SSSR count). The molecule has 0 radical (unpaired) electrons. The summed E-state index contributed by atoms with van der Waals surface area (Å²) in [6.45, 7) is 2.25. The summed E-state index contributed by atoms with van der Waals surface area (Å²) in [5.41, 5.74) is 0. The molecule has 0 unspecified atom stereocenters. The van der Waals surface area contributed by atoms with E-state index in [1.807, 2.05) is 6.92 Å². The van der Waals surface area contributed by atoms with Crippen molar-refractivity contribution in [2.24, 2.45) is 0 Å². The van der Waals surface area contributed by atoms with Crippen LogP contribution in [0, 0.1) is 11.6 Å². The average molecular weight is 348 g/mol. The number of hydrogen-bond acceptors (Lipinski definition) is 4. The fraction of sp³-hybridized carbons (Fsp3) is 0.500. The lowest BCUT2D eigenvalue weighted by Crippen LogP contribution is -2.54. The van der Waals surface area contributed by atoms with E-state index in [0.717, 1.165) is 12.1 Å². The Balaban J connectivity index is 1.99. The largest absolute Gasteiger partial charge is 0.480 e. The molecule has 1 aromatic rings. The Morgan fingerprint density at radius 1 is 1.39 bits per heavy atom. The molecule has 2 N–H and O–H groups in total. The molecular weight excluding hydrogens is 330 g/mol. The minimum Gasteiger partial charge on any atom is -0.480 e. The molecule has 1 saturated carbocycles. The summed E-state index contributed by atoms with van der Waals surface area (Å²) >= 11 is 0. The first-order valence-electron chi connectivity index (χ1n) is 7.16. The molecule has 0 aromatic heterocycles. The first-order chi connectivity index (χ1) is 10.7. The number of benzene rings is 1. The Morgan fingerprint density at radius 2 is 2.04 bits per heavy atom. The van der Waals surface area contributed by atoms with E-state index in [9.17, 15) is 22.0 Å². The molecule has 1 fully saturated rings. The molecule has 0 aliphatic heterocycles. The molecule has 0 atom stereocenters. The van der Waals surface area contributed by atoms with E-state index in [1.165, 1.54) is 0 Å². The minimum atomic E-state index is -4.15. The molecule has 0 amide bonds. The number of nitrogens with one attached hydrogen (secondary N) is 1. The Kier molecular flexibility index (Phi) is 5.33. The second-order valence-corrected chi connectivity index (χ2v) is 7.16. The van der Waals surface area contributed by atoms with Gasteiger partial charge in [-0.15, -0.1) is 0 Å². The van der Waals surface area contributed by atoms with Crippen molar-refractivity contribution >= 4 is 16.0 Å². The van der Waals surface area contributed by atoms with Gasteiger partial charge in [0.2, 0.25) is 10.0 Å². The lowest BCUT2D eigenvalue weighted by molar-refractivity contribution is -0.139. The first kappa shape index (κ1) is 17.8. The second-order valence-electron chi connectivity index (χ2n) is 5.48. The van der Waals surface area contributed by atoms with E-state index >= 15 is 0 Å². The normalized spacial score (nSPS) is 21.2. The minimum absolute atomic E-state index is 0.0406. The molecule has 0 heterocycles. The highest BCUT2D eigenvalue weighted by molar-refractivity contribution is 7.89. The number of carboxylic acids is 1. The Bertz CT molecular complexity index is 690. The number of halogens is 2. The molecule has 0 spiro atoms. The number of aliphatic carboxylic acids is 1. The standard InChI is InChI=1S/C14H18F2N2O4S/c1-2-18(8-14(19)20)11-6-10(7-11)17-23(21,22)13-5-9(15)3-4-12(13)16/h3-5,10-11,17H,2,6-8H2,1H3,(H,19,20). The molecule has 1 aliphatic rings. The first-order valence-corrected chi connectivity index (χ1v) is 8.64. The quantitative estimate of drug-likeness (QED) is 0.773. The van der Waals surface area contributed by atoms with Crippen molar-refractivity contribution in [3.8, 4) is 0 Å². The number of rotatable bonds is 7. The number of nitrogens with zero attached hydrogens (tertiary/aromatic N) is 1. The highest BCUT2D eigenvalue weighted by Crippen LogP contribution is 2.27. The van der Waals surface area contributed by atoms with Gasteiger partial charge in [-0.05, 0) is 37.6 Å². The maximum Gasteiger partial charge on any atom is 0.317 e. The molecule has 128 valence electrons. The van der Waals surface area contributed by atoms with Gasteiger partial charge in [-0.2, -0.15) is 0 Å².